The molecule has 4 rings (SSSR count). The minimum absolute atomic E-state index is 0.0401. The average molecular weight is 336 g/mol. The van der Waals surface area contributed by atoms with Crippen molar-refractivity contribution >= 4 is 17.5 Å². The third kappa shape index (κ3) is 2.65. The van der Waals surface area contributed by atoms with E-state index >= 15 is 0 Å². The fourth-order valence-electron chi connectivity index (χ4n) is 3.93. The second-order valence-corrected chi connectivity index (χ2v) is 6.73. The first kappa shape index (κ1) is 15.7. The molecular formula is C20H20N2O3. The Labute approximate surface area is 146 Å². The maximum Gasteiger partial charge on any atom is 0.237 e. The Bertz CT molecular complexity index is 821. The SMILES string of the molecule is NC(=O)CN(C(=O)[C@@H]1C[C@]12CCOc1ccccc12)c1ccccc1. The van der Waals surface area contributed by atoms with Gasteiger partial charge in [0.05, 0.1) is 6.61 Å². The smallest absolute Gasteiger partial charge is 0.237 e. The minimum atomic E-state index is -0.515. The summed E-state index contributed by atoms with van der Waals surface area (Å²) in [6, 6.07) is 17.2. The summed E-state index contributed by atoms with van der Waals surface area (Å²) in [6.45, 7) is 0.509. The molecule has 0 bridgehead atoms. The summed E-state index contributed by atoms with van der Waals surface area (Å²) in [7, 11) is 0. The lowest BCUT2D eigenvalue weighted by Crippen LogP contribution is -2.41. The highest BCUT2D eigenvalue weighted by Crippen LogP contribution is 2.61. The van der Waals surface area contributed by atoms with Gasteiger partial charge in [0, 0.05) is 22.6 Å². The van der Waals surface area contributed by atoms with E-state index in [0.29, 0.717) is 12.3 Å². The van der Waals surface area contributed by atoms with Gasteiger partial charge in [-0.15, -0.1) is 0 Å². The summed E-state index contributed by atoms with van der Waals surface area (Å²) in [5, 5.41) is 0. The Kier molecular flexibility index (Phi) is 3.71. The fraction of sp³-hybridized carbons (Fsp3) is 0.300. The van der Waals surface area contributed by atoms with Crippen LogP contribution in [0.15, 0.2) is 54.6 Å². The number of amides is 2. The normalized spacial score (nSPS) is 23.4. The molecule has 1 heterocycles. The zero-order chi connectivity index (χ0) is 17.4. The van der Waals surface area contributed by atoms with E-state index in [2.05, 4.69) is 0 Å². The standard InChI is InChI=1S/C20H20N2O3/c21-18(23)13-22(14-6-2-1-3-7-14)19(24)16-12-20(16)10-11-25-17-9-5-4-8-15(17)20/h1-9,16H,10-13H2,(H2,21,23)/t16-,20-/m0/s1. The Morgan fingerprint density at radius 3 is 2.60 bits per heavy atom. The third-order valence-electron chi connectivity index (χ3n) is 5.25. The number of nitrogens with two attached hydrogens (primary N) is 1. The molecule has 2 atom stereocenters. The molecule has 25 heavy (non-hydrogen) atoms. The lowest BCUT2D eigenvalue weighted by Gasteiger charge is -2.28. The predicted octanol–water partition coefficient (Wildman–Crippen LogP) is 2.25. The summed E-state index contributed by atoms with van der Waals surface area (Å²) >= 11 is 0. The van der Waals surface area contributed by atoms with Gasteiger partial charge in [-0.05, 0) is 31.0 Å². The van der Waals surface area contributed by atoms with E-state index in [1.54, 1.807) is 0 Å². The number of hydrogen-bond acceptors (Lipinski definition) is 3. The molecule has 1 aliphatic heterocycles. The highest BCUT2D eigenvalue weighted by molar-refractivity contribution is 6.02. The van der Waals surface area contributed by atoms with Gasteiger partial charge < -0.3 is 15.4 Å². The molecule has 2 aliphatic rings. The van der Waals surface area contributed by atoms with Crippen molar-refractivity contribution in [2.24, 2.45) is 11.7 Å². The highest BCUT2D eigenvalue weighted by Gasteiger charge is 2.61. The van der Waals surface area contributed by atoms with Crippen LogP contribution in [0.5, 0.6) is 5.75 Å². The molecule has 1 aliphatic carbocycles. The van der Waals surface area contributed by atoms with Gasteiger partial charge in [-0.2, -0.15) is 0 Å². The summed E-state index contributed by atoms with van der Waals surface area (Å²) in [5.41, 5.74) is 7.02. The molecule has 1 spiro atoms. The molecule has 2 aromatic carbocycles. The number of carbonyl (C=O) groups is 2. The number of anilines is 1. The number of nitrogens with zero attached hydrogens (tertiary/aromatic N) is 1. The quantitative estimate of drug-likeness (QED) is 0.931. The summed E-state index contributed by atoms with van der Waals surface area (Å²) in [6.07, 6.45) is 1.61. The molecule has 0 aromatic heterocycles. The lowest BCUT2D eigenvalue weighted by atomic mass is 9.87. The van der Waals surface area contributed by atoms with Crippen LogP contribution in [0.3, 0.4) is 0 Å². The molecule has 2 N–H and O–H groups in total. The van der Waals surface area contributed by atoms with Gasteiger partial charge in [0.25, 0.3) is 0 Å². The Morgan fingerprint density at radius 2 is 1.84 bits per heavy atom. The summed E-state index contributed by atoms with van der Waals surface area (Å²) < 4.78 is 5.74. The summed E-state index contributed by atoms with van der Waals surface area (Å²) in [5.74, 6) is 0.170. The first-order chi connectivity index (χ1) is 12.1. The molecule has 1 fully saturated rings. The van der Waals surface area contributed by atoms with Crippen LogP contribution in [-0.2, 0) is 15.0 Å². The molecule has 0 radical (unpaired) electrons. The number of primary amides is 1. The molecule has 5 heteroatoms. The van der Waals surface area contributed by atoms with E-state index in [1.165, 1.54) is 4.90 Å². The number of hydrogen-bond donors (Lipinski definition) is 1. The molecule has 0 saturated heterocycles. The molecule has 2 amide bonds. The van der Waals surface area contributed by atoms with E-state index in [0.717, 1.165) is 24.2 Å². The zero-order valence-electron chi connectivity index (χ0n) is 13.9. The first-order valence-electron chi connectivity index (χ1n) is 8.49. The Morgan fingerprint density at radius 1 is 1.12 bits per heavy atom. The van der Waals surface area contributed by atoms with E-state index in [4.69, 9.17) is 10.5 Å². The van der Waals surface area contributed by atoms with E-state index in [1.807, 2.05) is 54.6 Å². The van der Waals surface area contributed by atoms with Crippen LogP contribution >= 0.6 is 0 Å². The number of rotatable bonds is 4. The van der Waals surface area contributed by atoms with Crippen molar-refractivity contribution in [1.29, 1.82) is 0 Å². The maximum absolute atomic E-state index is 13.2. The van der Waals surface area contributed by atoms with Crippen LogP contribution in [0.1, 0.15) is 18.4 Å². The molecule has 5 nitrogen and oxygen atoms in total. The van der Waals surface area contributed by atoms with Crippen LogP contribution in [-0.4, -0.2) is 25.0 Å². The monoisotopic (exact) mass is 336 g/mol. The number of para-hydroxylation sites is 2. The van der Waals surface area contributed by atoms with Gasteiger partial charge in [0.15, 0.2) is 0 Å². The van der Waals surface area contributed by atoms with Crippen molar-refractivity contribution in [1.82, 2.24) is 0 Å². The number of fused-ring (bicyclic) bond motifs is 2. The Hall–Kier alpha value is -2.82. The van der Waals surface area contributed by atoms with E-state index < -0.39 is 5.91 Å². The fourth-order valence-corrected chi connectivity index (χ4v) is 3.93. The van der Waals surface area contributed by atoms with Crippen molar-refractivity contribution in [2.75, 3.05) is 18.1 Å². The molecule has 128 valence electrons. The van der Waals surface area contributed by atoms with Crippen LogP contribution in [0.25, 0.3) is 0 Å². The van der Waals surface area contributed by atoms with E-state index in [-0.39, 0.29) is 23.8 Å². The average Bonchev–Trinajstić information content (AvgIpc) is 3.35. The zero-order valence-corrected chi connectivity index (χ0v) is 13.9. The van der Waals surface area contributed by atoms with Crippen molar-refractivity contribution in [2.45, 2.75) is 18.3 Å². The maximum atomic E-state index is 13.2. The van der Waals surface area contributed by atoms with Crippen LogP contribution in [0, 0.1) is 5.92 Å². The van der Waals surface area contributed by atoms with Gasteiger partial charge in [-0.3, -0.25) is 9.59 Å². The van der Waals surface area contributed by atoms with Gasteiger partial charge in [0.1, 0.15) is 12.3 Å². The van der Waals surface area contributed by atoms with Crippen LogP contribution in [0.2, 0.25) is 0 Å². The van der Waals surface area contributed by atoms with E-state index in [9.17, 15) is 9.59 Å². The Balaban J connectivity index is 1.64. The van der Waals surface area contributed by atoms with Gasteiger partial charge in [-0.1, -0.05) is 36.4 Å². The summed E-state index contributed by atoms with van der Waals surface area (Å²) in [4.78, 5) is 26.2. The largest absolute Gasteiger partial charge is 0.493 e. The topological polar surface area (TPSA) is 72.6 Å². The highest BCUT2D eigenvalue weighted by atomic mass is 16.5. The van der Waals surface area contributed by atoms with Crippen molar-refractivity contribution in [3.63, 3.8) is 0 Å². The molecule has 0 unspecified atom stereocenters. The lowest BCUT2D eigenvalue weighted by molar-refractivity contribution is -0.123. The minimum Gasteiger partial charge on any atom is -0.493 e. The van der Waals surface area contributed by atoms with Crippen molar-refractivity contribution < 1.29 is 14.3 Å². The second-order valence-electron chi connectivity index (χ2n) is 6.73. The molecule has 2 aromatic rings. The predicted molar refractivity (Wildman–Crippen MR) is 94.3 cm³/mol. The number of carbonyl (C=O) groups excluding carboxylic acids is 2. The van der Waals surface area contributed by atoms with Crippen molar-refractivity contribution in [3.05, 3.63) is 60.2 Å². The van der Waals surface area contributed by atoms with Gasteiger partial charge >= 0.3 is 0 Å². The van der Waals surface area contributed by atoms with Gasteiger partial charge in [0.2, 0.25) is 11.8 Å². The van der Waals surface area contributed by atoms with Crippen LogP contribution < -0.4 is 15.4 Å². The third-order valence-corrected chi connectivity index (χ3v) is 5.25. The first-order valence-corrected chi connectivity index (χ1v) is 8.49. The number of benzene rings is 2. The van der Waals surface area contributed by atoms with Gasteiger partial charge in [-0.25, -0.2) is 0 Å². The second kappa shape index (κ2) is 5.92. The molecular weight excluding hydrogens is 316 g/mol. The number of ether oxygens (including phenoxy) is 1. The van der Waals surface area contributed by atoms with Crippen LogP contribution in [0.4, 0.5) is 5.69 Å². The molecule has 1 saturated carbocycles. The van der Waals surface area contributed by atoms with Crippen molar-refractivity contribution in [3.8, 4) is 5.75 Å².